The maximum absolute atomic E-state index is 13.2. The normalized spacial score (nSPS) is 13.3. The maximum Gasteiger partial charge on any atom is 0.244 e. The number of halogens is 2. The van der Waals surface area contributed by atoms with Crippen molar-refractivity contribution in [3.8, 4) is 0 Å². The van der Waals surface area contributed by atoms with E-state index in [0.29, 0.717) is 32.8 Å². The summed E-state index contributed by atoms with van der Waals surface area (Å²) in [5.41, 5.74) is 4.16. The summed E-state index contributed by atoms with van der Waals surface area (Å²) >= 11 is 12.0. The van der Waals surface area contributed by atoms with Gasteiger partial charge in [0.25, 0.3) is 0 Å². The molecule has 1 aliphatic rings. The fourth-order valence-electron chi connectivity index (χ4n) is 3.39. The molecule has 0 atom stereocenters. The van der Waals surface area contributed by atoms with Crippen molar-refractivity contribution in [3.63, 3.8) is 0 Å². The molecule has 0 saturated heterocycles. The van der Waals surface area contributed by atoms with E-state index in [-0.39, 0.29) is 24.8 Å². The molecule has 0 spiro atoms. The lowest BCUT2D eigenvalue weighted by Gasteiger charge is -2.22. The molecule has 1 heterocycles. The van der Waals surface area contributed by atoms with Crippen molar-refractivity contribution in [2.45, 2.75) is 13.3 Å². The molecule has 4 rings (SSSR count). The summed E-state index contributed by atoms with van der Waals surface area (Å²) in [5, 5.41) is 3.99. The summed E-state index contributed by atoms with van der Waals surface area (Å²) in [6, 6.07) is 19.8. The average molecular weight is 452 g/mol. The summed E-state index contributed by atoms with van der Waals surface area (Å²) in [4.78, 5) is 32.1. The van der Waals surface area contributed by atoms with E-state index in [9.17, 15) is 9.59 Å². The van der Waals surface area contributed by atoms with Crippen LogP contribution in [-0.2, 0) is 9.59 Å². The van der Waals surface area contributed by atoms with E-state index in [1.165, 1.54) is 4.90 Å². The number of hydrogen-bond acceptors (Lipinski definition) is 3. The Kier molecular flexibility index (Phi) is 6.07. The molecule has 0 aromatic heterocycles. The van der Waals surface area contributed by atoms with Crippen LogP contribution in [-0.4, -0.2) is 24.1 Å². The minimum Gasteiger partial charge on any atom is -0.324 e. The molecule has 1 aliphatic heterocycles. The summed E-state index contributed by atoms with van der Waals surface area (Å²) in [6.07, 6.45) is 0.0692. The second kappa shape index (κ2) is 8.92. The Morgan fingerprint density at radius 3 is 2.52 bits per heavy atom. The van der Waals surface area contributed by atoms with Crippen LogP contribution in [0.15, 0.2) is 71.7 Å². The zero-order valence-corrected chi connectivity index (χ0v) is 18.2. The number of benzene rings is 3. The van der Waals surface area contributed by atoms with Gasteiger partial charge in [0.15, 0.2) is 0 Å². The molecule has 0 fully saturated rings. The van der Waals surface area contributed by atoms with Crippen molar-refractivity contribution in [2.75, 3.05) is 16.8 Å². The van der Waals surface area contributed by atoms with E-state index in [4.69, 9.17) is 28.2 Å². The molecule has 0 radical (unpaired) electrons. The van der Waals surface area contributed by atoms with Gasteiger partial charge in [-0.2, -0.15) is 0 Å². The van der Waals surface area contributed by atoms with Crippen molar-refractivity contribution in [1.82, 2.24) is 0 Å². The summed E-state index contributed by atoms with van der Waals surface area (Å²) < 4.78 is 0. The lowest BCUT2D eigenvalue weighted by Crippen LogP contribution is -2.38. The van der Waals surface area contributed by atoms with Gasteiger partial charge in [-0.25, -0.2) is 0 Å². The van der Waals surface area contributed by atoms with Gasteiger partial charge in [-0.1, -0.05) is 53.5 Å². The molecule has 5 nitrogen and oxygen atoms in total. The van der Waals surface area contributed by atoms with Crippen LogP contribution < -0.4 is 10.2 Å². The largest absolute Gasteiger partial charge is 0.324 e. The Labute approximate surface area is 190 Å². The molecule has 3 aromatic rings. The number of para-hydroxylation sites is 2. The second-order valence-corrected chi connectivity index (χ2v) is 8.09. The average Bonchev–Trinajstić information content (AvgIpc) is 2.88. The highest BCUT2D eigenvalue weighted by atomic mass is 35.5. The van der Waals surface area contributed by atoms with Crippen molar-refractivity contribution < 1.29 is 9.59 Å². The Morgan fingerprint density at radius 2 is 1.74 bits per heavy atom. The van der Waals surface area contributed by atoms with Crippen LogP contribution in [0.1, 0.15) is 17.5 Å². The number of fused-ring (bicyclic) bond motifs is 1. The first-order valence-electron chi connectivity index (χ1n) is 9.69. The van der Waals surface area contributed by atoms with E-state index < -0.39 is 0 Å². The van der Waals surface area contributed by atoms with Gasteiger partial charge in [-0.3, -0.25) is 14.6 Å². The third-order valence-electron chi connectivity index (χ3n) is 5.00. The van der Waals surface area contributed by atoms with Crippen LogP contribution in [0.25, 0.3) is 0 Å². The summed E-state index contributed by atoms with van der Waals surface area (Å²) in [5.74, 6) is -0.528. The SMILES string of the molecule is Cc1ccc(Cl)cc1NC(=O)CN1C(=O)CC(c2ccc(Cl)cc2)=Nc2ccccc21. The molecule has 31 heavy (non-hydrogen) atoms. The van der Waals surface area contributed by atoms with E-state index in [2.05, 4.69) is 5.32 Å². The Bertz CT molecular complexity index is 1190. The first kappa shape index (κ1) is 21.1. The fourth-order valence-corrected chi connectivity index (χ4v) is 3.69. The molecule has 0 bridgehead atoms. The minimum atomic E-state index is -0.316. The molecule has 156 valence electrons. The predicted molar refractivity (Wildman–Crippen MR) is 126 cm³/mol. The molecule has 1 N–H and O–H groups in total. The second-order valence-electron chi connectivity index (χ2n) is 7.22. The van der Waals surface area contributed by atoms with Gasteiger partial charge in [-0.15, -0.1) is 0 Å². The zero-order valence-electron chi connectivity index (χ0n) is 16.7. The zero-order chi connectivity index (χ0) is 22.0. The fraction of sp³-hybridized carbons (Fsp3) is 0.125. The van der Waals surface area contributed by atoms with E-state index in [0.717, 1.165) is 11.1 Å². The van der Waals surface area contributed by atoms with Crippen molar-refractivity contribution >= 4 is 57.8 Å². The molecule has 3 aromatic carbocycles. The number of nitrogens with zero attached hydrogens (tertiary/aromatic N) is 2. The van der Waals surface area contributed by atoms with Gasteiger partial charge in [0.2, 0.25) is 11.8 Å². The third kappa shape index (κ3) is 4.79. The van der Waals surface area contributed by atoms with E-state index >= 15 is 0 Å². The van der Waals surface area contributed by atoms with Gasteiger partial charge in [0, 0.05) is 15.7 Å². The number of amides is 2. The highest BCUT2D eigenvalue weighted by Crippen LogP contribution is 2.33. The monoisotopic (exact) mass is 451 g/mol. The van der Waals surface area contributed by atoms with Crippen LogP contribution in [0.2, 0.25) is 10.0 Å². The standard InChI is InChI=1S/C24H19Cl2N3O2/c1-15-6-9-18(26)12-20(15)28-23(30)14-29-22-5-3-2-4-19(22)27-21(13-24(29)31)16-7-10-17(25)11-8-16/h2-12H,13-14H2,1H3,(H,28,30). The molecule has 2 amide bonds. The molecular formula is C24H19Cl2N3O2. The van der Waals surface area contributed by atoms with Crippen LogP contribution in [0, 0.1) is 6.92 Å². The smallest absolute Gasteiger partial charge is 0.244 e. The number of nitrogens with one attached hydrogen (secondary N) is 1. The molecule has 0 saturated carbocycles. The van der Waals surface area contributed by atoms with Gasteiger partial charge in [0.1, 0.15) is 6.54 Å². The number of anilines is 2. The summed E-state index contributed by atoms with van der Waals surface area (Å²) in [6.45, 7) is 1.75. The number of aryl methyl sites for hydroxylation is 1. The quantitative estimate of drug-likeness (QED) is 0.544. The lowest BCUT2D eigenvalue weighted by atomic mass is 10.1. The third-order valence-corrected chi connectivity index (χ3v) is 5.49. The number of carbonyl (C=O) groups is 2. The van der Waals surface area contributed by atoms with Crippen molar-refractivity contribution in [3.05, 3.63) is 87.9 Å². The maximum atomic E-state index is 13.2. The van der Waals surface area contributed by atoms with Crippen LogP contribution in [0.4, 0.5) is 17.1 Å². The highest BCUT2D eigenvalue weighted by molar-refractivity contribution is 6.31. The van der Waals surface area contributed by atoms with Gasteiger partial charge in [-0.05, 0) is 54.4 Å². The molecule has 0 unspecified atom stereocenters. The lowest BCUT2D eigenvalue weighted by molar-refractivity contribution is -0.120. The van der Waals surface area contributed by atoms with Crippen LogP contribution >= 0.6 is 23.2 Å². The van der Waals surface area contributed by atoms with Gasteiger partial charge >= 0.3 is 0 Å². The predicted octanol–water partition coefficient (Wildman–Crippen LogP) is 5.80. The number of carbonyl (C=O) groups excluding carboxylic acids is 2. The van der Waals surface area contributed by atoms with E-state index in [1.54, 1.807) is 30.3 Å². The Morgan fingerprint density at radius 1 is 1.03 bits per heavy atom. The molecule has 7 heteroatoms. The topological polar surface area (TPSA) is 61.8 Å². The first-order valence-corrected chi connectivity index (χ1v) is 10.5. The Balaban J connectivity index is 1.61. The number of hydrogen-bond donors (Lipinski definition) is 1. The Hall–Kier alpha value is -3.15. The van der Waals surface area contributed by atoms with Crippen LogP contribution in [0.3, 0.4) is 0 Å². The van der Waals surface area contributed by atoms with Gasteiger partial charge in [0.05, 0.1) is 23.5 Å². The first-order chi connectivity index (χ1) is 14.9. The molecule has 0 aliphatic carbocycles. The molecular weight excluding hydrogens is 433 g/mol. The van der Waals surface area contributed by atoms with Crippen LogP contribution in [0.5, 0.6) is 0 Å². The number of aliphatic imine (C=N–C) groups is 1. The van der Waals surface area contributed by atoms with E-state index in [1.807, 2.05) is 43.3 Å². The minimum absolute atomic E-state index is 0.0692. The summed E-state index contributed by atoms with van der Waals surface area (Å²) in [7, 11) is 0. The van der Waals surface area contributed by atoms with Gasteiger partial charge < -0.3 is 10.2 Å². The van der Waals surface area contributed by atoms with Crippen molar-refractivity contribution in [2.24, 2.45) is 4.99 Å². The highest BCUT2D eigenvalue weighted by Gasteiger charge is 2.26. The number of rotatable bonds is 4. The van der Waals surface area contributed by atoms with Crippen molar-refractivity contribution in [1.29, 1.82) is 0 Å².